The molecule has 128 valence electrons. The highest BCUT2D eigenvalue weighted by molar-refractivity contribution is 5.78. The SMILES string of the molecule is COC(=O)[C@H]1CCCCC[C@H]1NC(=O)CCCn1ccnc1C. The lowest BCUT2D eigenvalue weighted by atomic mass is 9.94. The summed E-state index contributed by atoms with van der Waals surface area (Å²) in [5, 5.41) is 3.05. The Kier molecular flexibility index (Phi) is 6.62. The Morgan fingerprint density at radius 2 is 2.13 bits per heavy atom. The zero-order valence-corrected chi connectivity index (χ0v) is 14.1. The van der Waals surface area contributed by atoms with Crippen molar-refractivity contribution < 1.29 is 14.3 Å². The molecule has 0 aliphatic heterocycles. The van der Waals surface area contributed by atoms with Crippen LogP contribution in [0.4, 0.5) is 0 Å². The van der Waals surface area contributed by atoms with Crippen LogP contribution in [0.1, 0.15) is 50.8 Å². The standard InChI is InChI=1S/C17H27N3O3/c1-13-18-10-12-20(13)11-6-9-16(21)19-15-8-5-3-4-7-14(15)17(22)23-2/h10,12,14-15H,3-9,11H2,1-2H3,(H,19,21)/t14-,15+/m0/s1. The Bertz CT molecular complexity index is 527. The first-order valence-electron chi connectivity index (χ1n) is 8.46. The van der Waals surface area contributed by atoms with Gasteiger partial charge in [0, 0.05) is 31.4 Å². The molecule has 6 heteroatoms. The maximum atomic E-state index is 12.2. The summed E-state index contributed by atoms with van der Waals surface area (Å²) in [6, 6.07) is -0.0903. The van der Waals surface area contributed by atoms with Crippen LogP contribution >= 0.6 is 0 Å². The lowest BCUT2D eigenvalue weighted by molar-refractivity contribution is -0.147. The first kappa shape index (κ1) is 17.5. The summed E-state index contributed by atoms with van der Waals surface area (Å²) < 4.78 is 6.94. The second kappa shape index (κ2) is 8.70. The number of carbonyl (C=O) groups is 2. The molecule has 1 N–H and O–H groups in total. The molecule has 1 aromatic heterocycles. The van der Waals surface area contributed by atoms with Gasteiger partial charge >= 0.3 is 5.97 Å². The molecule has 0 bridgehead atoms. The molecule has 1 aliphatic carbocycles. The third-order valence-corrected chi connectivity index (χ3v) is 4.59. The molecule has 0 spiro atoms. The fourth-order valence-electron chi connectivity index (χ4n) is 3.24. The van der Waals surface area contributed by atoms with Gasteiger partial charge in [-0.1, -0.05) is 19.3 Å². The van der Waals surface area contributed by atoms with Crippen LogP contribution in [0.25, 0.3) is 0 Å². The number of esters is 1. The van der Waals surface area contributed by atoms with Crippen LogP contribution in [-0.2, 0) is 20.9 Å². The molecule has 1 aromatic rings. The highest BCUT2D eigenvalue weighted by Gasteiger charge is 2.31. The first-order chi connectivity index (χ1) is 11.1. The molecule has 23 heavy (non-hydrogen) atoms. The Morgan fingerprint density at radius 3 is 2.83 bits per heavy atom. The highest BCUT2D eigenvalue weighted by Crippen LogP contribution is 2.24. The smallest absolute Gasteiger partial charge is 0.310 e. The molecule has 0 radical (unpaired) electrons. The maximum Gasteiger partial charge on any atom is 0.310 e. The summed E-state index contributed by atoms with van der Waals surface area (Å²) in [5.74, 6) is 0.567. The molecule has 1 amide bonds. The van der Waals surface area contributed by atoms with E-state index in [1.807, 2.05) is 17.7 Å². The Morgan fingerprint density at radius 1 is 1.35 bits per heavy atom. The minimum Gasteiger partial charge on any atom is -0.469 e. The minimum atomic E-state index is -0.206. The zero-order valence-electron chi connectivity index (χ0n) is 14.1. The number of carbonyl (C=O) groups excluding carboxylic acids is 2. The number of methoxy groups -OCH3 is 1. The van der Waals surface area contributed by atoms with E-state index in [1.54, 1.807) is 6.20 Å². The minimum absolute atomic E-state index is 0.0172. The van der Waals surface area contributed by atoms with Gasteiger partial charge < -0.3 is 14.6 Å². The van der Waals surface area contributed by atoms with Crippen LogP contribution in [0.5, 0.6) is 0 Å². The number of rotatable bonds is 6. The quantitative estimate of drug-likeness (QED) is 0.644. The number of nitrogens with zero attached hydrogens (tertiary/aromatic N) is 2. The predicted octanol–water partition coefficient (Wildman–Crippen LogP) is 2.21. The van der Waals surface area contributed by atoms with Crippen molar-refractivity contribution in [3.05, 3.63) is 18.2 Å². The molecule has 0 aromatic carbocycles. The van der Waals surface area contributed by atoms with E-state index in [4.69, 9.17) is 4.74 Å². The normalized spacial score (nSPS) is 21.5. The van der Waals surface area contributed by atoms with Crippen LogP contribution in [-0.4, -0.2) is 34.6 Å². The van der Waals surface area contributed by atoms with Crippen molar-refractivity contribution in [1.29, 1.82) is 0 Å². The third-order valence-electron chi connectivity index (χ3n) is 4.59. The van der Waals surface area contributed by atoms with Gasteiger partial charge in [0.1, 0.15) is 5.82 Å². The monoisotopic (exact) mass is 321 g/mol. The molecular weight excluding hydrogens is 294 g/mol. The van der Waals surface area contributed by atoms with E-state index >= 15 is 0 Å². The van der Waals surface area contributed by atoms with Gasteiger partial charge in [-0.05, 0) is 26.2 Å². The van der Waals surface area contributed by atoms with Gasteiger partial charge in [-0.2, -0.15) is 0 Å². The van der Waals surface area contributed by atoms with Gasteiger partial charge in [0.2, 0.25) is 5.91 Å². The fourth-order valence-corrected chi connectivity index (χ4v) is 3.24. The van der Waals surface area contributed by atoms with Crippen molar-refractivity contribution in [2.24, 2.45) is 5.92 Å². The number of nitrogens with one attached hydrogen (secondary N) is 1. The summed E-state index contributed by atoms with van der Waals surface area (Å²) in [6.07, 6.45) is 9.74. The van der Waals surface area contributed by atoms with Gasteiger partial charge in [-0.25, -0.2) is 4.98 Å². The van der Waals surface area contributed by atoms with E-state index in [1.165, 1.54) is 7.11 Å². The average molecular weight is 321 g/mol. The lowest BCUT2D eigenvalue weighted by Crippen LogP contribution is -2.43. The van der Waals surface area contributed by atoms with Gasteiger partial charge in [0.15, 0.2) is 0 Å². The molecule has 0 saturated heterocycles. The molecule has 1 aliphatic rings. The lowest BCUT2D eigenvalue weighted by Gasteiger charge is -2.24. The van der Waals surface area contributed by atoms with Crippen molar-refractivity contribution in [3.8, 4) is 0 Å². The van der Waals surface area contributed by atoms with Crippen LogP contribution in [0.3, 0.4) is 0 Å². The van der Waals surface area contributed by atoms with Gasteiger partial charge in [-0.3, -0.25) is 9.59 Å². The molecule has 1 heterocycles. The summed E-state index contributed by atoms with van der Waals surface area (Å²) in [5.41, 5.74) is 0. The van der Waals surface area contributed by atoms with Crippen LogP contribution in [0, 0.1) is 12.8 Å². The van der Waals surface area contributed by atoms with Crippen LogP contribution in [0.2, 0.25) is 0 Å². The number of hydrogen-bond acceptors (Lipinski definition) is 4. The summed E-state index contributed by atoms with van der Waals surface area (Å²) in [4.78, 5) is 28.3. The van der Waals surface area contributed by atoms with E-state index in [0.29, 0.717) is 6.42 Å². The van der Waals surface area contributed by atoms with Crippen molar-refractivity contribution in [3.63, 3.8) is 0 Å². The maximum absolute atomic E-state index is 12.2. The number of amides is 1. The Labute approximate surface area is 137 Å². The number of imidazole rings is 1. The number of aryl methyl sites for hydroxylation is 2. The third kappa shape index (κ3) is 5.08. The Balaban J connectivity index is 1.81. The molecular formula is C17H27N3O3. The number of ether oxygens (including phenoxy) is 1. The second-order valence-corrected chi connectivity index (χ2v) is 6.21. The first-order valence-corrected chi connectivity index (χ1v) is 8.46. The van der Waals surface area contributed by atoms with E-state index in [-0.39, 0.29) is 23.8 Å². The molecule has 2 atom stereocenters. The molecule has 1 saturated carbocycles. The average Bonchev–Trinajstić information content (AvgIpc) is 2.81. The fraction of sp³-hybridized carbons (Fsp3) is 0.706. The number of hydrogen-bond donors (Lipinski definition) is 1. The van der Waals surface area contributed by atoms with E-state index in [2.05, 4.69) is 10.3 Å². The molecule has 0 unspecified atom stereocenters. The van der Waals surface area contributed by atoms with Crippen LogP contribution in [0.15, 0.2) is 12.4 Å². The van der Waals surface area contributed by atoms with E-state index < -0.39 is 0 Å². The van der Waals surface area contributed by atoms with Crippen molar-refractivity contribution >= 4 is 11.9 Å². The van der Waals surface area contributed by atoms with Gasteiger partial charge in [-0.15, -0.1) is 0 Å². The zero-order chi connectivity index (χ0) is 16.7. The largest absolute Gasteiger partial charge is 0.469 e. The second-order valence-electron chi connectivity index (χ2n) is 6.21. The summed E-state index contributed by atoms with van der Waals surface area (Å²) >= 11 is 0. The van der Waals surface area contributed by atoms with Crippen molar-refractivity contribution in [1.82, 2.24) is 14.9 Å². The van der Waals surface area contributed by atoms with Crippen molar-refractivity contribution in [2.45, 2.75) is 64.5 Å². The Hall–Kier alpha value is -1.85. The predicted molar refractivity (Wildman–Crippen MR) is 86.7 cm³/mol. The summed E-state index contributed by atoms with van der Waals surface area (Å²) in [7, 11) is 1.42. The van der Waals surface area contributed by atoms with Gasteiger partial charge in [0.05, 0.1) is 13.0 Å². The van der Waals surface area contributed by atoms with E-state index in [0.717, 1.165) is 50.9 Å². The van der Waals surface area contributed by atoms with Crippen LogP contribution < -0.4 is 5.32 Å². The summed E-state index contributed by atoms with van der Waals surface area (Å²) in [6.45, 7) is 2.73. The van der Waals surface area contributed by atoms with Gasteiger partial charge in [0.25, 0.3) is 0 Å². The molecule has 6 nitrogen and oxygen atoms in total. The topological polar surface area (TPSA) is 73.2 Å². The number of aromatic nitrogens is 2. The molecule has 2 rings (SSSR count). The molecule has 1 fully saturated rings. The highest BCUT2D eigenvalue weighted by atomic mass is 16.5. The van der Waals surface area contributed by atoms with Crippen molar-refractivity contribution in [2.75, 3.05) is 7.11 Å². The van der Waals surface area contributed by atoms with E-state index in [9.17, 15) is 9.59 Å².